The van der Waals surface area contributed by atoms with Gasteiger partial charge in [-0.2, -0.15) is 13.2 Å². The number of anilines is 1. The number of amides is 1. The number of hydrogen-bond acceptors (Lipinski definition) is 3. The fourth-order valence-corrected chi connectivity index (χ4v) is 2.07. The van der Waals surface area contributed by atoms with Gasteiger partial charge in [0.1, 0.15) is 5.75 Å². The molecule has 4 nitrogen and oxygen atoms in total. The van der Waals surface area contributed by atoms with Gasteiger partial charge in [0.05, 0.1) is 6.61 Å². The lowest BCUT2D eigenvalue weighted by Gasteiger charge is -2.08. The molecule has 2 rings (SSSR count). The van der Waals surface area contributed by atoms with Crippen LogP contribution < -0.4 is 10.1 Å². The van der Waals surface area contributed by atoms with Gasteiger partial charge in [0.25, 0.3) is 0 Å². The van der Waals surface area contributed by atoms with Crippen molar-refractivity contribution in [1.82, 2.24) is 0 Å². The number of nitrogens with one attached hydrogen (secondary N) is 1. The van der Waals surface area contributed by atoms with Crippen LogP contribution in [0, 0.1) is 0 Å². The van der Waals surface area contributed by atoms with Crippen LogP contribution in [0.5, 0.6) is 5.75 Å². The molecule has 26 heavy (non-hydrogen) atoms. The third kappa shape index (κ3) is 5.47. The fourth-order valence-electron chi connectivity index (χ4n) is 2.07. The van der Waals surface area contributed by atoms with E-state index in [1.807, 2.05) is 6.92 Å². The topological polar surface area (TPSA) is 55.4 Å². The number of ketones is 1. The number of halogens is 3. The van der Waals surface area contributed by atoms with Crippen LogP contribution in [0.2, 0.25) is 0 Å². The first kappa shape index (κ1) is 19.2. The highest BCUT2D eigenvalue weighted by Crippen LogP contribution is 2.19. The van der Waals surface area contributed by atoms with E-state index < -0.39 is 12.1 Å². The van der Waals surface area contributed by atoms with Crippen LogP contribution in [0.3, 0.4) is 0 Å². The maximum atomic E-state index is 12.3. The summed E-state index contributed by atoms with van der Waals surface area (Å²) >= 11 is 0. The molecule has 0 aliphatic rings. The predicted molar refractivity (Wildman–Crippen MR) is 92.1 cm³/mol. The van der Waals surface area contributed by atoms with Gasteiger partial charge in [-0.25, -0.2) is 0 Å². The number of alkyl halides is 3. The Balaban J connectivity index is 2.06. The van der Waals surface area contributed by atoms with Gasteiger partial charge in [0, 0.05) is 11.3 Å². The summed E-state index contributed by atoms with van der Waals surface area (Å²) in [5.41, 5.74) is 0.915. The van der Waals surface area contributed by atoms with Crippen molar-refractivity contribution < 1.29 is 27.5 Å². The Morgan fingerprint density at radius 2 is 1.81 bits per heavy atom. The second-order valence-electron chi connectivity index (χ2n) is 5.23. The molecule has 0 bridgehead atoms. The third-order valence-corrected chi connectivity index (χ3v) is 3.28. The van der Waals surface area contributed by atoms with Crippen molar-refractivity contribution in [1.29, 1.82) is 0 Å². The van der Waals surface area contributed by atoms with Gasteiger partial charge in [-0.05, 0) is 55.0 Å². The Kier molecular flexibility index (Phi) is 6.16. The van der Waals surface area contributed by atoms with E-state index in [1.165, 1.54) is 30.4 Å². The molecule has 0 spiro atoms. The lowest BCUT2D eigenvalue weighted by atomic mass is 10.1. The largest absolute Gasteiger partial charge is 0.494 e. The summed E-state index contributed by atoms with van der Waals surface area (Å²) in [6.45, 7) is 2.38. The van der Waals surface area contributed by atoms with Gasteiger partial charge in [-0.3, -0.25) is 9.59 Å². The zero-order chi connectivity index (χ0) is 19.2. The minimum absolute atomic E-state index is 0.0111. The summed E-state index contributed by atoms with van der Waals surface area (Å²) in [5.74, 6) is -1.66. The van der Waals surface area contributed by atoms with Crippen molar-refractivity contribution in [2.24, 2.45) is 0 Å². The third-order valence-electron chi connectivity index (χ3n) is 3.28. The average molecular weight is 363 g/mol. The normalized spacial score (nSPS) is 11.4. The van der Waals surface area contributed by atoms with Crippen LogP contribution in [-0.4, -0.2) is 24.5 Å². The van der Waals surface area contributed by atoms with Crippen LogP contribution in [0.4, 0.5) is 18.9 Å². The second-order valence-corrected chi connectivity index (χ2v) is 5.23. The standard InChI is InChI=1S/C19H16F3NO3/c1-2-26-16-9-7-14(8-10-16)17(24)11-6-13-4-3-5-15(12-13)23-18(25)19(20,21)22/h3-12H,2H2,1H3,(H,23,25)/b11-6+. The second kappa shape index (κ2) is 8.33. The van der Waals surface area contributed by atoms with Gasteiger partial charge in [-0.1, -0.05) is 18.2 Å². The molecule has 0 radical (unpaired) electrons. The molecule has 0 heterocycles. The first-order valence-corrected chi connectivity index (χ1v) is 7.73. The molecule has 0 unspecified atom stereocenters. The highest BCUT2D eigenvalue weighted by molar-refractivity contribution is 6.07. The molecule has 1 amide bonds. The molecule has 0 atom stereocenters. The van der Waals surface area contributed by atoms with E-state index in [9.17, 15) is 22.8 Å². The molecule has 2 aromatic carbocycles. The minimum atomic E-state index is -4.96. The molecule has 0 fully saturated rings. The number of carbonyl (C=O) groups excluding carboxylic acids is 2. The first-order valence-electron chi connectivity index (χ1n) is 7.73. The summed E-state index contributed by atoms with van der Waals surface area (Å²) in [6.07, 6.45) is -2.20. The Bertz CT molecular complexity index is 812. The lowest BCUT2D eigenvalue weighted by molar-refractivity contribution is -0.167. The van der Waals surface area contributed by atoms with Crippen LogP contribution in [0.25, 0.3) is 6.08 Å². The highest BCUT2D eigenvalue weighted by atomic mass is 19.4. The predicted octanol–water partition coefficient (Wildman–Crippen LogP) is 4.48. The molecule has 2 aromatic rings. The van der Waals surface area contributed by atoms with Crippen molar-refractivity contribution in [3.05, 3.63) is 65.7 Å². The van der Waals surface area contributed by atoms with Gasteiger partial charge < -0.3 is 10.1 Å². The van der Waals surface area contributed by atoms with Gasteiger partial charge in [-0.15, -0.1) is 0 Å². The van der Waals surface area contributed by atoms with Crippen LogP contribution in [0.15, 0.2) is 54.6 Å². The molecule has 0 aromatic heterocycles. The van der Waals surface area contributed by atoms with E-state index in [2.05, 4.69) is 0 Å². The number of rotatable bonds is 6. The molecular weight excluding hydrogens is 347 g/mol. The number of allylic oxidation sites excluding steroid dienone is 1. The van der Waals surface area contributed by atoms with Crippen molar-refractivity contribution in [2.75, 3.05) is 11.9 Å². The molecule has 0 saturated carbocycles. The van der Waals surface area contributed by atoms with E-state index >= 15 is 0 Å². The van der Waals surface area contributed by atoms with Crippen molar-refractivity contribution >= 4 is 23.5 Å². The quantitative estimate of drug-likeness (QED) is 0.608. The highest BCUT2D eigenvalue weighted by Gasteiger charge is 2.38. The fraction of sp³-hybridized carbons (Fsp3) is 0.158. The molecular formula is C19H16F3NO3. The molecule has 0 aliphatic carbocycles. The van der Waals surface area contributed by atoms with Crippen molar-refractivity contribution in [3.63, 3.8) is 0 Å². The van der Waals surface area contributed by atoms with E-state index in [1.54, 1.807) is 35.6 Å². The van der Waals surface area contributed by atoms with Crippen LogP contribution in [-0.2, 0) is 4.79 Å². The summed E-state index contributed by atoms with van der Waals surface area (Å²) in [5, 5.41) is 1.76. The Morgan fingerprint density at radius 3 is 2.42 bits per heavy atom. The molecule has 7 heteroatoms. The summed E-state index contributed by atoms with van der Waals surface area (Å²) in [7, 11) is 0. The van der Waals surface area contributed by atoms with E-state index in [-0.39, 0.29) is 11.5 Å². The zero-order valence-corrected chi connectivity index (χ0v) is 13.8. The van der Waals surface area contributed by atoms with E-state index in [0.717, 1.165) is 0 Å². The molecule has 136 valence electrons. The molecule has 0 saturated heterocycles. The summed E-state index contributed by atoms with van der Waals surface area (Å²) in [6, 6.07) is 12.4. The summed E-state index contributed by atoms with van der Waals surface area (Å²) in [4.78, 5) is 23.1. The first-order chi connectivity index (χ1) is 12.3. The Morgan fingerprint density at radius 1 is 1.12 bits per heavy atom. The number of carbonyl (C=O) groups is 2. The number of hydrogen-bond donors (Lipinski definition) is 1. The zero-order valence-electron chi connectivity index (χ0n) is 13.8. The van der Waals surface area contributed by atoms with E-state index in [4.69, 9.17) is 4.74 Å². The van der Waals surface area contributed by atoms with E-state index in [0.29, 0.717) is 23.5 Å². The van der Waals surface area contributed by atoms with Crippen LogP contribution in [0.1, 0.15) is 22.8 Å². The SMILES string of the molecule is CCOc1ccc(C(=O)/C=C/c2cccc(NC(=O)C(F)(F)F)c2)cc1. The van der Waals surface area contributed by atoms with Gasteiger partial charge in [0.2, 0.25) is 0 Å². The average Bonchev–Trinajstić information content (AvgIpc) is 2.60. The maximum absolute atomic E-state index is 12.3. The van der Waals surface area contributed by atoms with Crippen molar-refractivity contribution in [2.45, 2.75) is 13.1 Å². The minimum Gasteiger partial charge on any atom is -0.494 e. The maximum Gasteiger partial charge on any atom is 0.471 e. The van der Waals surface area contributed by atoms with Gasteiger partial charge >= 0.3 is 12.1 Å². The Labute approximate surface area is 148 Å². The smallest absolute Gasteiger partial charge is 0.471 e. The van der Waals surface area contributed by atoms with Gasteiger partial charge in [0.15, 0.2) is 5.78 Å². The molecule has 1 N–H and O–H groups in total. The van der Waals surface area contributed by atoms with Crippen LogP contribution >= 0.6 is 0 Å². The molecule has 0 aliphatic heterocycles. The Hall–Kier alpha value is -3.09. The monoisotopic (exact) mass is 363 g/mol. The van der Waals surface area contributed by atoms with Crippen molar-refractivity contribution in [3.8, 4) is 5.75 Å². The number of benzene rings is 2. The number of ether oxygens (including phenoxy) is 1. The summed E-state index contributed by atoms with van der Waals surface area (Å²) < 4.78 is 42.1. The lowest BCUT2D eigenvalue weighted by Crippen LogP contribution is -2.29.